The fourth-order valence-corrected chi connectivity index (χ4v) is 5.14. The SMILES string of the molecule is CN1C(=O)N(Cc2ccc3ccccc3c2)C[C@@H]1CCOc1ccc(C[C@](C)(Oc2ccccc2F)C(=O)O)cc1. The summed E-state index contributed by atoms with van der Waals surface area (Å²) in [6, 6.07) is 27.4. The number of aliphatic carboxylic acids is 1. The second-order valence-corrected chi connectivity index (χ2v) is 10.6. The van der Waals surface area contributed by atoms with Crippen molar-refractivity contribution in [2.45, 2.75) is 38.0 Å². The monoisotopic (exact) mass is 556 g/mol. The zero-order chi connectivity index (χ0) is 29.0. The van der Waals surface area contributed by atoms with Gasteiger partial charge in [-0.05, 0) is 59.2 Å². The first-order valence-electron chi connectivity index (χ1n) is 13.6. The Labute approximate surface area is 238 Å². The van der Waals surface area contributed by atoms with Gasteiger partial charge in [0.25, 0.3) is 0 Å². The molecule has 5 rings (SSSR count). The molecule has 4 aromatic rings. The first kappa shape index (κ1) is 28.0. The summed E-state index contributed by atoms with van der Waals surface area (Å²) in [7, 11) is 1.82. The molecule has 2 atom stereocenters. The third-order valence-corrected chi connectivity index (χ3v) is 7.55. The summed E-state index contributed by atoms with van der Waals surface area (Å²) >= 11 is 0. The highest BCUT2D eigenvalue weighted by Gasteiger charge is 2.37. The van der Waals surface area contributed by atoms with Gasteiger partial charge in [0.1, 0.15) is 5.75 Å². The standard InChI is InChI=1S/C33H33FN2O5/c1-33(31(37)38,41-30-10-6-5-9-29(30)34)20-23-12-15-28(16-13-23)40-18-17-27-22-36(32(39)35(27)2)21-24-11-14-25-7-3-4-8-26(25)19-24/h3-16,19,27H,17-18,20-22H2,1-2H3,(H,37,38)/t27-,33-/m0/s1. The Kier molecular flexibility index (Phi) is 8.10. The van der Waals surface area contributed by atoms with Gasteiger partial charge in [0.05, 0.1) is 12.6 Å². The van der Waals surface area contributed by atoms with Crippen LogP contribution in [0.15, 0.2) is 91.0 Å². The van der Waals surface area contributed by atoms with E-state index >= 15 is 0 Å². The second kappa shape index (κ2) is 11.9. The molecule has 0 spiro atoms. The molecule has 1 aliphatic heterocycles. The number of amides is 2. The summed E-state index contributed by atoms with van der Waals surface area (Å²) in [6.45, 7) is 3.03. The summed E-state index contributed by atoms with van der Waals surface area (Å²) < 4.78 is 25.6. The van der Waals surface area contributed by atoms with Gasteiger partial charge in [0.15, 0.2) is 11.6 Å². The highest BCUT2D eigenvalue weighted by Crippen LogP contribution is 2.27. The number of carbonyl (C=O) groups excluding carboxylic acids is 1. The van der Waals surface area contributed by atoms with Crippen LogP contribution >= 0.6 is 0 Å². The minimum Gasteiger partial charge on any atom is -0.494 e. The lowest BCUT2D eigenvalue weighted by Gasteiger charge is -2.26. The number of ether oxygens (including phenoxy) is 2. The van der Waals surface area contributed by atoms with Crippen molar-refractivity contribution in [1.82, 2.24) is 9.80 Å². The van der Waals surface area contributed by atoms with E-state index in [1.807, 2.05) is 24.1 Å². The number of fused-ring (bicyclic) bond motifs is 1. The topological polar surface area (TPSA) is 79.3 Å². The second-order valence-electron chi connectivity index (χ2n) is 10.6. The predicted molar refractivity (Wildman–Crippen MR) is 155 cm³/mol. The van der Waals surface area contributed by atoms with Crippen LogP contribution in [0.4, 0.5) is 9.18 Å². The van der Waals surface area contributed by atoms with E-state index in [4.69, 9.17) is 9.47 Å². The number of urea groups is 1. The number of nitrogens with zero attached hydrogens (tertiary/aromatic N) is 2. The lowest BCUT2D eigenvalue weighted by Crippen LogP contribution is -2.43. The van der Waals surface area contributed by atoms with Crippen molar-refractivity contribution in [2.24, 2.45) is 0 Å². The van der Waals surface area contributed by atoms with E-state index in [1.165, 1.54) is 30.5 Å². The molecule has 7 nitrogen and oxygen atoms in total. The summed E-state index contributed by atoms with van der Waals surface area (Å²) in [5, 5.41) is 12.1. The van der Waals surface area contributed by atoms with Gasteiger partial charge >= 0.3 is 12.0 Å². The molecule has 0 aliphatic carbocycles. The average Bonchev–Trinajstić information content (AvgIpc) is 3.23. The van der Waals surface area contributed by atoms with Crippen LogP contribution < -0.4 is 9.47 Å². The van der Waals surface area contributed by atoms with Crippen molar-refractivity contribution in [2.75, 3.05) is 20.2 Å². The molecular formula is C33H33FN2O5. The Morgan fingerprint density at radius 3 is 2.39 bits per heavy atom. The minimum atomic E-state index is -1.65. The largest absolute Gasteiger partial charge is 0.494 e. The van der Waals surface area contributed by atoms with Crippen LogP contribution in [0.3, 0.4) is 0 Å². The van der Waals surface area contributed by atoms with Gasteiger partial charge in [0.2, 0.25) is 5.60 Å². The number of para-hydroxylation sites is 1. The lowest BCUT2D eigenvalue weighted by molar-refractivity contribution is -0.153. The Morgan fingerprint density at radius 1 is 0.976 bits per heavy atom. The molecule has 4 aromatic carbocycles. The minimum absolute atomic E-state index is 0.00611. The molecule has 0 aromatic heterocycles. The van der Waals surface area contributed by atoms with E-state index in [0.29, 0.717) is 37.4 Å². The number of hydrogen-bond acceptors (Lipinski definition) is 4. The third-order valence-electron chi connectivity index (χ3n) is 7.55. The van der Waals surface area contributed by atoms with Crippen LogP contribution in [-0.4, -0.2) is 58.7 Å². The Hall–Kier alpha value is -4.59. The molecule has 1 heterocycles. The summed E-state index contributed by atoms with van der Waals surface area (Å²) in [6.07, 6.45) is 0.713. The summed E-state index contributed by atoms with van der Waals surface area (Å²) in [5.74, 6) is -1.27. The van der Waals surface area contributed by atoms with Gasteiger partial charge in [-0.15, -0.1) is 0 Å². The molecule has 8 heteroatoms. The molecule has 41 heavy (non-hydrogen) atoms. The van der Waals surface area contributed by atoms with E-state index in [9.17, 15) is 19.1 Å². The zero-order valence-electron chi connectivity index (χ0n) is 23.1. The van der Waals surface area contributed by atoms with Crippen molar-refractivity contribution < 1.29 is 28.6 Å². The summed E-state index contributed by atoms with van der Waals surface area (Å²) in [4.78, 5) is 28.5. The lowest BCUT2D eigenvalue weighted by atomic mass is 9.96. The van der Waals surface area contributed by atoms with Crippen LogP contribution in [0.5, 0.6) is 11.5 Å². The number of carboxylic acid groups (broad SMARTS) is 1. The van der Waals surface area contributed by atoms with E-state index in [0.717, 1.165) is 10.9 Å². The van der Waals surface area contributed by atoms with Crippen molar-refractivity contribution in [3.8, 4) is 11.5 Å². The first-order chi connectivity index (χ1) is 19.7. The number of benzene rings is 4. The molecule has 1 aliphatic rings. The molecular weight excluding hydrogens is 523 g/mol. The normalized spacial score (nSPS) is 16.6. The fourth-order valence-electron chi connectivity index (χ4n) is 5.14. The number of carboxylic acids is 1. The van der Waals surface area contributed by atoms with Crippen molar-refractivity contribution in [3.63, 3.8) is 0 Å². The van der Waals surface area contributed by atoms with Gasteiger partial charge < -0.3 is 24.4 Å². The molecule has 0 saturated carbocycles. The van der Waals surface area contributed by atoms with Crippen LogP contribution in [0, 0.1) is 5.82 Å². The van der Waals surface area contributed by atoms with E-state index in [2.05, 4.69) is 30.3 Å². The van der Waals surface area contributed by atoms with E-state index in [1.54, 1.807) is 35.2 Å². The van der Waals surface area contributed by atoms with Gasteiger partial charge in [0, 0.05) is 33.0 Å². The maximum Gasteiger partial charge on any atom is 0.348 e. The first-order valence-corrected chi connectivity index (χ1v) is 13.6. The number of carbonyl (C=O) groups is 2. The Bertz CT molecular complexity index is 1540. The van der Waals surface area contributed by atoms with Crippen molar-refractivity contribution in [3.05, 3.63) is 108 Å². The smallest absolute Gasteiger partial charge is 0.348 e. The molecule has 1 N–H and O–H groups in total. The molecule has 2 amide bonds. The molecule has 0 unspecified atom stereocenters. The van der Waals surface area contributed by atoms with Crippen LogP contribution in [0.2, 0.25) is 0 Å². The average molecular weight is 557 g/mol. The number of likely N-dealkylation sites (N-methyl/N-ethyl adjacent to an activating group) is 1. The van der Waals surface area contributed by atoms with Gasteiger partial charge in [-0.25, -0.2) is 14.0 Å². The van der Waals surface area contributed by atoms with E-state index in [-0.39, 0.29) is 24.2 Å². The molecule has 0 bridgehead atoms. The summed E-state index contributed by atoms with van der Waals surface area (Å²) in [5.41, 5.74) is 0.160. The van der Waals surface area contributed by atoms with Gasteiger partial charge in [-0.3, -0.25) is 0 Å². The number of rotatable bonds is 11. The van der Waals surface area contributed by atoms with Crippen LogP contribution in [-0.2, 0) is 17.8 Å². The predicted octanol–water partition coefficient (Wildman–Crippen LogP) is 6.15. The fraction of sp³-hybridized carbons (Fsp3) is 0.273. The molecule has 0 radical (unpaired) electrons. The highest BCUT2D eigenvalue weighted by atomic mass is 19.1. The third kappa shape index (κ3) is 6.43. The molecule has 212 valence electrons. The molecule has 1 saturated heterocycles. The quantitative estimate of drug-likeness (QED) is 0.240. The zero-order valence-corrected chi connectivity index (χ0v) is 23.1. The maximum atomic E-state index is 14.1. The molecule has 1 fully saturated rings. The van der Waals surface area contributed by atoms with E-state index < -0.39 is 17.4 Å². The van der Waals surface area contributed by atoms with Crippen molar-refractivity contribution >= 4 is 22.8 Å². The van der Waals surface area contributed by atoms with Crippen molar-refractivity contribution in [1.29, 1.82) is 0 Å². The van der Waals surface area contributed by atoms with Crippen LogP contribution in [0.25, 0.3) is 10.8 Å². The number of hydrogen-bond donors (Lipinski definition) is 1. The maximum absolute atomic E-state index is 14.1. The number of halogens is 1. The van der Waals surface area contributed by atoms with Gasteiger partial charge in [-0.2, -0.15) is 0 Å². The highest BCUT2D eigenvalue weighted by molar-refractivity contribution is 5.83. The Morgan fingerprint density at radius 2 is 1.66 bits per heavy atom. The van der Waals surface area contributed by atoms with Gasteiger partial charge in [-0.1, -0.05) is 60.7 Å². The van der Waals surface area contributed by atoms with Crippen LogP contribution in [0.1, 0.15) is 24.5 Å². The Balaban J connectivity index is 1.13.